The monoisotopic (exact) mass is 388 g/mol. The lowest BCUT2D eigenvalue weighted by Crippen LogP contribution is -2.33. The van der Waals surface area contributed by atoms with Gasteiger partial charge in [0.1, 0.15) is 0 Å². The Balaban J connectivity index is 2.22. The Bertz CT molecular complexity index is 847. The number of amides is 1. The Morgan fingerprint density at radius 3 is 2.11 bits per heavy atom. The molecule has 0 saturated heterocycles. The van der Waals surface area contributed by atoms with Gasteiger partial charge in [-0.3, -0.25) is 4.79 Å². The van der Waals surface area contributed by atoms with Crippen molar-refractivity contribution >= 4 is 15.9 Å². The lowest BCUT2D eigenvalue weighted by molar-refractivity contribution is 0.0743. The lowest BCUT2D eigenvalue weighted by Gasteiger charge is -2.23. The summed E-state index contributed by atoms with van der Waals surface area (Å²) in [6, 6.07) is 15.9. The first-order chi connectivity index (χ1) is 12.8. The summed E-state index contributed by atoms with van der Waals surface area (Å²) in [5, 5.41) is 0. The maximum absolute atomic E-state index is 12.9. The van der Waals surface area contributed by atoms with Crippen LogP contribution in [0.25, 0.3) is 0 Å². The van der Waals surface area contributed by atoms with Gasteiger partial charge in [-0.05, 0) is 50.1 Å². The minimum Gasteiger partial charge on any atom is -0.334 e. The molecule has 2 rings (SSSR count). The third kappa shape index (κ3) is 5.17. The SMILES string of the molecule is CCCN(Cc1ccccc1)C(=O)c1ccc(S(=O)(=O)N(C)C(C)C)cc1. The molecule has 6 heteroatoms. The Morgan fingerprint density at radius 2 is 1.59 bits per heavy atom. The van der Waals surface area contributed by atoms with Gasteiger partial charge in [0.25, 0.3) is 5.91 Å². The summed E-state index contributed by atoms with van der Waals surface area (Å²) in [4.78, 5) is 14.9. The molecule has 5 nitrogen and oxygen atoms in total. The van der Waals surface area contributed by atoms with Crippen molar-refractivity contribution in [3.63, 3.8) is 0 Å². The highest BCUT2D eigenvalue weighted by atomic mass is 32.2. The molecular weight excluding hydrogens is 360 g/mol. The third-order valence-electron chi connectivity index (χ3n) is 4.50. The van der Waals surface area contributed by atoms with E-state index in [0.29, 0.717) is 18.7 Å². The van der Waals surface area contributed by atoms with E-state index in [1.165, 1.54) is 16.4 Å². The second kappa shape index (κ2) is 9.15. The van der Waals surface area contributed by atoms with Crippen LogP contribution in [-0.4, -0.2) is 43.2 Å². The minimum absolute atomic E-state index is 0.0955. The van der Waals surface area contributed by atoms with Crippen LogP contribution in [0, 0.1) is 0 Å². The Morgan fingerprint density at radius 1 is 1.00 bits per heavy atom. The van der Waals surface area contributed by atoms with Crippen molar-refractivity contribution in [2.45, 2.75) is 44.7 Å². The van der Waals surface area contributed by atoms with Gasteiger partial charge in [0, 0.05) is 31.7 Å². The molecule has 2 aromatic rings. The highest BCUT2D eigenvalue weighted by Gasteiger charge is 2.23. The van der Waals surface area contributed by atoms with E-state index < -0.39 is 10.0 Å². The molecule has 0 fully saturated rings. The molecule has 0 bridgehead atoms. The molecule has 0 aliphatic carbocycles. The van der Waals surface area contributed by atoms with Crippen LogP contribution in [0.3, 0.4) is 0 Å². The molecule has 0 spiro atoms. The van der Waals surface area contributed by atoms with Gasteiger partial charge in [0.05, 0.1) is 4.90 Å². The minimum atomic E-state index is -3.55. The lowest BCUT2D eigenvalue weighted by atomic mass is 10.1. The molecule has 0 atom stereocenters. The van der Waals surface area contributed by atoms with Crippen LogP contribution in [0.2, 0.25) is 0 Å². The summed E-state index contributed by atoms with van der Waals surface area (Å²) in [6.45, 7) is 6.85. The van der Waals surface area contributed by atoms with Crippen molar-refractivity contribution in [3.8, 4) is 0 Å². The van der Waals surface area contributed by atoms with Gasteiger partial charge < -0.3 is 4.90 Å². The summed E-state index contributed by atoms with van der Waals surface area (Å²) in [5.41, 5.74) is 1.56. The summed E-state index contributed by atoms with van der Waals surface area (Å²) in [5.74, 6) is -0.0955. The number of carbonyl (C=O) groups excluding carboxylic acids is 1. The second-order valence-corrected chi connectivity index (χ2v) is 8.85. The first kappa shape index (κ1) is 21.1. The van der Waals surface area contributed by atoms with E-state index in [-0.39, 0.29) is 16.8 Å². The Hall–Kier alpha value is -2.18. The summed E-state index contributed by atoms with van der Waals surface area (Å²) >= 11 is 0. The molecular formula is C21H28N2O3S. The van der Waals surface area contributed by atoms with Gasteiger partial charge >= 0.3 is 0 Å². The fourth-order valence-electron chi connectivity index (χ4n) is 2.72. The highest BCUT2D eigenvalue weighted by Crippen LogP contribution is 2.18. The largest absolute Gasteiger partial charge is 0.334 e. The van der Waals surface area contributed by atoms with Crippen molar-refractivity contribution in [2.75, 3.05) is 13.6 Å². The van der Waals surface area contributed by atoms with Crippen molar-refractivity contribution in [3.05, 3.63) is 65.7 Å². The molecule has 0 N–H and O–H groups in total. The molecule has 27 heavy (non-hydrogen) atoms. The molecule has 1 amide bonds. The first-order valence-corrected chi connectivity index (χ1v) is 10.6. The van der Waals surface area contributed by atoms with E-state index in [4.69, 9.17) is 0 Å². The fraction of sp³-hybridized carbons (Fsp3) is 0.381. The zero-order chi connectivity index (χ0) is 20.0. The molecule has 0 aliphatic heterocycles. The molecule has 146 valence electrons. The van der Waals surface area contributed by atoms with Crippen LogP contribution >= 0.6 is 0 Å². The Kier molecular flexibility index (Phi) is 7.16. The zero-order valence-electron chi connectivity index (χ0n) is 16.4. The van der Waals surface area contributed by atoms with Gasteiger partial charge in [-0.1, -0.05) is 37.3 Å². The number of benzene rings is 2. The number of nitrogens with zero attached hydrogens (tertiary/aromatic N) is 2. The summed E-state index contributed by atoms with van der Waals surface area (Å²) in [6.07, 6.45) is 0.851. The van der Waals surface area contributed by atoms with E-state index in [1.807, 2.05) is 51.1 Å². The third-order valence-corrected chi connectivity index (χ3v) is 6.55. The summed E-state index contributed by atoms with van der Waals surface area (Å²) < 4.78 is 26.4. The number of hydrogen-bond acceptors (Lipinski definition) is 3. The van der Waals surface area contributed by atoms with Gasteiger partial charge in [-0.15, -0.1) is 0 Å². The van der Waals surface area contributed by atoms with Crippen LogP contribution in [0.5, 0.6) is 0 Å². The smallest absolute Gasteiger partial charge is 0.254 e. The number of sulfonamides is 1. The number of rotatable bonds is 8. The van der Waals surface area contributed by atoms with E-state index in [2.05, 4.69) is 0 Å². The standard InChI is InChI=1S/C21H28N2O3S/c1-5-15-23(16-18-9-7-6-8-10-18)21(24)19-11-13-20(14-12-19)27(25,26)22(4)17(2)3/h6-14,17H,5,15-16H2,1-4H3. The Labute approximate surface area is 162 Å². The van der Waals surface area contributed by atoms with Gasteiger partial charge in [-0.2, -0.15) is 4.31 Å². The van der Waals surface area contributed by atoms with E-state index in [9.17, 15) is 13.2 Å². The molecule has 0 heterocycles. The maximum atomic E-state index is 12.9. The highest BCUT2D eigenvalue weighted by molar-refractivity contribution is 7.89. The van der Waals surface area contributed by atoms with Crippen LogP contribution in [0.15, 0.2) is 59.5 Å². The predicted molar refractivity (Wildman–Crippen MR) is 108 cm³/mol. The average Bonchev–Trinajstić information content (AvgIpc) is 2.67. The molecule has 0 aromatic heterocycles. The summed E-state index contributed by atoms with van der Waals surface area (Å²) in [7, 11) is -1.99. The van der Waals surface area contributed by atoms with Crippen molar-refractivity contribution < 1.29 is 13.2 Å². The van der Waals surface area contributed by atoms with Crippen molar-refractivity contribution in [2.24, 2.45) is 0 Å². The predicted octanol–water partition coefficient (Wildman–Crippen LogP) is 3.77. The van der Waals surface area contributed by atoms with Crippen LogP contribution < -0.4 is 0 Å². The van der Waals surface area contributed by atoms with Crippen molar-refractivity contribution in [1.82, 2.24) is 9.21 Å². The quantitative estimate of drug-likeness (QED) is 0.692. The molecule has 0 radical (unpaired) electrons. The van der Waals surface area contributed by atoms with Crippen LogP contribution in [-0.2, 0) is 16.6 Å². The maximum Gasteiger partial charge on any atom is 0.254 e. The second-order valence-electron chi connectivity index (χ2n) is 6.85. The van der Waals surface area contributed by atoms with Gasteiger partial charge in [-0.25, -0.2) is 8.42 Å². The normalized spacial score (nSPS) is 11.8. The van der Waals surface area contributed by atoms with E-state index in [0.717, 1.165) is 12.0 Å². The van der Waals surface area contributed by atoms with E-state index >= 15 is 0 Å². The molecule has 0 unspecified atom stereocenters. The van der Waals surface area contributed by atoms with Crippen LogP contribution in [0.1, 0.15) is 43.1 Å². The van der Waals surface area contributed by atoms with Crippen molar-refractivity contribution in [1.29, 1.82) is 0 Å². The van der Waals surface area contributed by atoms with E-state index in [1.54, 1.807) is 24.1 Å². The van der Waals surface area contributed by atoms with Crippen LogP contribution in [0.4, 0.5) is 0 Å². The molecule has 2 aromatic carbocycles. The molecule has 0 aliphatic rings. The fourth-order valence-corrected chi connectivity index (χ4v) is 4.09. The average molecular weight is 389 g/mol. The topological polar surface area (TPSA) is 57.7 Å². The number of hydrogen-bond donors (Lipinski definition) is 0. The number of carbonyl (C=O) groups is 1. The van der Waals surface area contributed by atoms with Gasteiger partial charge in [0.15, 0.2) is 0 Å². The first-order valence-electron chi connectivity index (χ1n) is 9.18. The molecule has 0 saturated carbocycles. The zero-order valence-corrected chi connectivity index (χ0v) is 17.2. The van der Waals surface area contributed by atoms with Gasteiger partial charge in [0.2, 0.25) is 10.0 Å².